The molecule has 1 atom stereocenters. The van der Waals surface area contributed by atoms with Crippen LogP contribution in [0.4, 0.5) is 0 Å². The molecule has 0 radical (unpaired) electrons. The normalized spacial score (nSPS) is 13.0. The lowest BCUT2D eigenvalue weighted by atomic mass is 10.2. The first-order chi connectivity index (χ1) is 7.26. The van der Waals surface area contributed by atoms with E-state index in [9.17, 15) is 5.11 Å². The van der Waals surface area contributed by atoms with Gasteiger partial charge in [-0.15, -0.1) is 0 Å². The van der Waals surface area contributed by atoms with Crippen molar-refractivity contribution in [2.75, 3.05) is 0 Å². The molecule has 1 aromatic heterocycles. The number of hydrogen-bond donors (Lipinski definition) is 1. The van der Waals surface area contributed by atoms with Gasteiger partial charge in [0.1, 0.15) is 18.9 Å². The highest BCUT2D eigenvalue weighted by molar-refractivity contribution is 4.66. The standard InChI is InChI=1S/C12H23N2O/c1-3-5-6-7-13-8-9-14(11-13)10-12(15)4-2/h8-9,11-12,15H,3-7,10H2,1-2H3/q+1/t12-/m0/s1. The maximum Gasteiger partial charge on any atom is 0.243 e. The number of nitrogens with zero attached hydrogens (tertiary/aromatic N) is 2. The number of aliphatic hydroxyl groups excluding tert-OH is 1. The van der Waals surface area contributed by atoms with E-state index in [0.717, 1.165) is 13.0 Å². The Morgan fingerprint density at radius 3 is 2.80 bits per heavy atom. The second-order valence-corrected chi connectivity index (χ2v) is 4.12. The van der Waals surface area contributed by atoms with Gasteiger partial charge in [0.15, 0.2) is 0 Å². The van der Waals surface area contributed by atoms with Crippen molar-refractivity contribution in [2.24, 2.45) is 0 Å². The fraction of sp³-hybridized carbons (Fsp3) is 0.750. The maximum absolute atomic E-state index is 9.50. The van der Waals surface area contributed by atoms with Crippen molar-refractivity contribution in [3.05, 3.63) is 18.7 Å². The predicted octanol–water partition coefficient (Wildman–Crippen LogP) is 1.74. The molecule has 3 nitrogen and oxygen atoms in total. The van der Waals surface area contributed by atoms with Gasteiger partial charge in [-0.2, -0.15) is 0 Å². The zero-order chi connectivity index (χ0) is 11.1. The number of imidazole rings is 1. The first kappa shape index (κ1) is 12.2. The summed E-state index contributed by atoms with van der Waals surface area (Å²) < 4.78 is 4.25. The van der Waals surface area contributed by atoms with Gasteiger partial charge in [0.2, 0.25) is 6.33 Å². The van der Waals surface area contributed by atoms with Crippen LogP contribution < -0.4 is 4.57 Å². The summed E-state index contributed by atoms with van der Waals surface area (Å²) in [6, 6.07) is 0. The molecule has 0 aliphatic heterocycles. The molecular formula is C12H23N2O+. The van der Waals surface area contributed by atoms with Crippen molar-refractivity contribution in [3.8, 4) is 0 Å². The van der Waals surface area contributed by atoms with Crippen LogP contribution in [0.3, 0.4) is 0 Å². The minimum Gasteiger partial charge on any atom is -0.389 e. The summed E-state index contributed by atoms with van der Waals surface area (Å²) in [5.74, 6) is 0. The molecule has 0 saturated heterocycles. The van der Waals surface area contributed by atoms with Crippen LogP contribution >= 0.6 is 0 Å². The zero-order valence-corrected chi connectivity index (χ0v) is 9.89. The summed E-state index contributed by atoms with van der Waals surface area (Å²) in [5, 5.41) is 9.50. The van der Waals surface area contributed by atoms with Gasteiger partial charge in [0.25, 0.3) is 0 Å². The Balaban J connectivity index is 2.35. The van der Waals surface area contributed by atoms with E-state index in [4.69, 9.17) is 0 Å². The van der Waals surface area contributed by atoms with E-state index in [1.54, 1.807) is 0 Å². The van der Waals surface area contributed by atoms with Crippen molar-refractivity contribution >= 4 is 0 Å². The summed E-state index contributed by atoms with van der Waals surface area (Å²) in [6.07, 6.45) is 10.6. The van der Waals surface area contributed by atoms with Gasteiger partial charge in [-0.3, -0.25) is 0 Å². The minimum absolute atomic E-state index is 0.221. The summed E-state index contributed by atoms with van der Waals surface area (Å²) in [5.41, 5.74) is 0. The van der Waals surface area contributed by atoms with E-state index in [0.29, 0.717) is 6.54 Å². The lowest BCUT2D eigenvalue weighted by Crippen LogP contribution is -2.37. The second kappa shape index (κ2) is 6.62. The molecule has 1 rings (SSSR count). The van der Waals surface area contributed by atoms with Crippen molar-refractivity contribution in [1.29, 1.82) is 0 Å². The third kappa shape index (κ3) is 4.47. The van der Waals surface area contributed by atoms with E-state index in [1.807, 2.05) is 13.1 Å². The Morgan fingerprint density at radius 1 is 1.33 bits per heavy atom. The molecule has 0 aliphatic carbocycles. The largest absolute Gasteiger partial charge is 0.389 e. The number of aromatic nitrogens is 2. The van der Waals surface area contributed by atoms with Gasteiger partial charge < -0.3 is 5.11 Å². The fourth-order valence-electron chi connectivity index (χ4n) is 1.60. The van der Waals surface area contributed by atoms with Crippen molar-refractivity contribution in [1.82, 2.24) is 4.57 Å². The Bertz CT molecular complexity index is 270. The Labute approximate surface area is 92.4 Å². The number of hydrogen-bond acceptors (Lipinski definition) is 1. The molecule has 0 aromatic carbocycles. The van der Waals surface area contributed by atoms with Gasteiger partial charge in [0.05, 0.1) is 12.6 Å². The zero-order valence-electron chi connectivity index (χ0n) is 9.89. The molecule has 0 spiro atoms. The van der Waals surface area contributed by atoms with Crippen molar-refractivity contribution in [3.63, 3.8) is 0 Å². The molecule has 0 amide bonds. The van der Waals surface area contributed by atoms with Crippen LogP contribution in [0.1, 0.15) is 39.5 Å². The number of unbranched alkanes of at least 4 members (excludes halogenated alkanes) is 2. The second-order valence-electron chi connectivity index (χ2n) is 4.12. The molecule has 1 heterocycles. The predicted molar refractivity (Wildman–Crippen MR) is 60.4 cm³/mol. The van der Waals surface area contributed by atoms with Crippen LogP contribution in [0, 0.1) is 0 Å². The van der Waals surface area contributed by atoms with Gasteiger partial charge in [-0.05, 0) is 19.3 Å². The molecule has 0 unspecified atom stereocenters. The third-order valence-electron chi connectivity index (χ3n) is 2.66. The van der Waals surface area contributed by atoms with E-state index in [1.165, 1.54) is 19.3 Å². The first-order valence-electron chi connectivity index (χ1n) is 5.99. The monoisotopic (exact) mass is 211 g/mol. The van der Waals surface area contributed by atoms with E-state index >= 15 is 0 Å². The summed E-state index contributed by atoms with van der Waals surface area (Å²) in [4.78, 5) is 0. The number of aliphatic hydroxyl groups is 1. The van der Waals surface area contributed by atoms with Crippen LogP contribution in [0.15, 0.2) is 18.7 Å². The Hall–Kier alpha value is -0.830. The molecule has 0 aliphatic rings. The van der Waals surface area contributed by atoms with E-state index < -0.39 is 0 Å². The Morgan fingerprint density at radius 2 is 2.13 bits per heavy atom. The smallest absolute Gasteiger partial charge is 0.243 e. The molecule has 0 fully saturated rings. The fourth-order valence-corrected chi connectivity index (χ4v) is 1.60. The summed E-state index contributed by atoms with van der Waals surface area (Å²) in [6.45, 7) is 6.01. The van der Waals surface area contributed by atoms with Crippen LogP contribution in [0.5, 0.6) is 0 Å². The maximum atomic E-state index is 9.50. The van der Waals surface area contributed by atoms with Crippen LogP contribution in [0.2, 0.25) is 0 Å². The quantitative estimate of drug-likeness (QED) is 0.540. The van der Waals surface area contributed by atoms with Gasteiger partial charge >= 0.3 is 0 Å². The van der Waals surface area contributed by atoms with Crippen LogP contribution in [-0.2, 0) is 13.1 Å². The minimum atomic E-state index is -0.221. The van der Waals surface area contributed by atoms with Gasteiger partial charge in [0, 0.05) is 0 Å². The molecule has 1 N–H and O–H groups in total. The highest BCUT2D eigenvalue weighted by Gasteiger charge is 2.07. The topological polar surface area (TPSA) is 29.0 Å². The third-order valence-corrected chi connectivity index (χ3v) is 2.66. The summed E-state index contributed by atoms with van der Waals surface area (Å²) in [7, 11) is 0. The molecule has 0 saturated carbocycles. The average molecular weight is 211 g/mol. The Kier molecular flexibility index (Phi) is 5.40. The number of aryl methyl sites for hydroxylation is 1. The number of rotatable bonds is 7. The molecule has 3 heteroatoms. The van der Waals surface area contributed by atoms with E-state index in [2.05, 4.69) is 28.6 Å². The average Bonchev–Trinajstić information content (AvgIpc) is 2.66. The SMILES string of the molecule is CCCCCn1cc[n+](C[C@@H](O)CC)c1. The molecule has 0 bridgehead atoms. The van der Waals surface area contributed by atoms with Gasteiger partial charge in [-0.1, -0.05) is 20.3 Å². The van der Waals surface area contributed by atoms with Crippen molar-refractivity contribution in [2.45, 2.75) is 58.7 Å². The lowest BCUT2D eigenvalue weighted by Gasteiger charge is -2.02. The van der Waals surface area contributed by atoms with Crippen LogP contribution in [-0.4, -0.2) is 15.8 Å². The highest BCUT2D eigenvalue weighted by Crippen LogP contribution is 1.97. The summed E-state index contributed by atoms with van der Waals surface area (Å²) >= 11 is 0. The molecule has 1 aromatic rings. The van der Waals surface area contributed by atoms with Crippen molar-refractivity contribution < 1.29 is 9.67 Å². The molecular weight excluding hydrogens is 188 g/mol. The van der Waals surface area contributed by atoms with Crippen LogP contribution in [0.25, 0.3) is 0 Å². The van der Waals surface area contributed by atoms with Gasteiger partial charge in [-0.25, -0.2) is 9.13 Å². The molecule has 15 heavy (non-hydrogen) atoms. The lowest BCUT2D eigenvalue weighted by molar-refractivity contribution is -0.703. The van der Waals surface area contributed by atoms with E-state index in [-0.39, 0.29) is 6.10 Å². The first-order valence-corrected chi connectivity index (χ1v) is 5.99. The highest BCUT2D eigenvalue weighted by atomic mass is 16.3. The molecule has 86 valence electrons.